The molecule has 0 N–H and O–H groups in total. The van der Waals surface area contributed by atoms with E-state index in [0.29, 0.717) is 17.1 Å². The minimum atomic E-state index is 0.648. The van der Waals surface area contributed by atoms with Gasteiger partial charge in [0.1, 0.15) is 28.0 Å². The SMILES string of the molecule is c1ccc(-c2nc(-c3cccc4c3oc3c5ccccc5c(-c5ccccc5)cc43)c3oc4ccccc4c3n2)cc1. The minimum absolute atomic E-state index is 0.648. The number of para-hydroxylation sites is 2. The smallest absolute Gasteiger partial charge is 0.180 e. The van der Waals surface area contributed by atoms with E-state index in [1.54, 1.807) is 0 Å². The lowest BCUT2D eigenvalue weighted by atomic mass is 9.95. The first kappa shape index (κ1) is 23.0. The highest BCUT2D eigenvalue weighted by Gasteiger charge is 2.22. The Morgan fingerprint density at radius 1 is 0.405 bits per heavy atom. The zero-order valence-corrected chi connectivity index (χ0v) is 22.4. The highest BCUT2D eigenvalue weighted by atomic mass is 16.3. The van der Waals surface area contributed by atoms with Crippen LogP contribution in [0, 0.1) is 0 Å². The Bertz CT molecular complexity index is 2460. The third-order valence-electron chi connectivity index (χ3n) is 8.10. The third kappa shape index (κ3) is 3.36. The number of hydrogen-bond acceptors (Lipinski definition) is 4. The van der Waals surface area contributed by atoms with E-state index in [-0.39, 0.29) is 0 Å². The van der Waals surface area contributed by atoms with E-state index in [9.17, 15) is 0 Å². The molecule has 6 aromatic carbocycles. The highest BCUT2D eigenvalue weighted by molar-refractivity contribution is 6.21. The van der Waals surface area contributed by atoms with E-state index in [1.165, 1.54) is 11.1 Å². The lowest BCUT2D eigenvalue weighted by molar-refractivity contribution is 0.664. The van der Waals surface area contributed by atoms with Crippen LogP contribution in [0.15, 0.2) is 142 Å². The van der Waals surface area contributed by atoms with Crippen molar-refractivity contribution in [3.63, 3.8) is 0 Å². The van der Waals surface area contributed by atoms with Gasteiger partial charge in [-0.2, -0.15) is 0 Å². The van der Waals surface area contributed by atoms with Gasteiger partial charge >= 0.3 is 0 Å². The molecular weight excluding hydrogens is 516 g/mol. The number of rotatable bonds is 3. The summed E-state index contributed by atoms with van der Waals surface area (Å²) in [7, 11) is 0. The van der Waals surface area contributed by atoms with Crippen molar-refractivity contribution < 1.29 is 8.83 Å². The molecule has 0 saturated heterocycles. The van der Waals surface area contributed by atoms with E-state index in [2.05, 4.69) is 72.8 Å². The van der Waals surface area contributed by atoms with Gasteiger partial charge in [-0.25, -0.2) is 9.97 Å². The maximum atomic E-state index is 6.81. The molecule has 0 spiro atoms. The summed E-state index contributed by atoms with van der Waals surface area (Å²) < 4.78 is 13.2. The van der Waals surface area contributed by atoms with Gasteiger partial charge in [-0.05, 0) is 40.8 Å². The third-order valence-corrected chi connectivity index (χ3v) is 8.10. The molecule has 0 amide bonds. The van der Waals surface area contributed by atoms with Crippen LogP contribution in [0.3, 0.4) is 0 Å². The molecule has 3 aromatic heterocycles. The second-order valence-electron chi connectivity index (χ2n) is 10.5. The zero-order valence-electron chi connectivity index (χ0n) is 22.4. The molecule has 9 aromatic rings. The Morgan fingerprint density at radius 3 is 1.86 bits per heavy atom. The summed E-state index contributed by atoms with van der Waals surface area (Å²) in [6.45, 7) is 0. The Hall–Kier alpha value is -5.74. The van der Waals surface area contributed by atoms with Crippen molar-refractivity contribution in [2.45, 2.75) is 0 Å². The number of fused-ring (bicyclic) bond motifs is 8. The monoisotopic (exact) mass is 538 g/mol. The van der Waals surface area contributed by atoms with Crippen LogP contribution in [0.1, 0.15) is 0 Å². The van der Waals surface area contributed by atoms with Crippen LogP contribution in [0.4, 0.5) is 0 Å². The molecule has 0 atom stereocenters. The summed E-state index contributed by atoms with van der Waals surface area (Å²) in [5.74, 6) is 0.648. The van der Waals surface area contributed by atoms with Crippen molar-refractivity contribution >= 4 is 54.8 Å². The molecule has 9 rings (SSSR count). The van der Waals surface area contributed by atoms with Gasteiger partial charge in [0.15, 0.2) is 11.4 Å². The molecule has 0 aliphatic heterocycles. The standard InChI is InChI=1S/C38H22N2O2/c1-3-12-23(13-4-1)30-22-31-27-19-11-20-29(35(27)42-36(31)26-17-8-7-16-25(26)30)34-37-33(28-18-9-10-21-32(28)41-37)39-38(40-34)24-14-5-2-6-15-24/h1-22H. The average molecular weight is 539 g/mol. The Kier molecular flexibility index (Phi) is 4.87. The zero-order chi connectivity index (χ0) is 27.6. The molecule has 0 bridgehead atoms. The molecular formula is C38H22N2O2. The summed E-state index contributed by atoms with van der Waals surface area (Å²) in [6, 6.07) is 45.6. The summed E-state index contributed by atoms with van der Waals surface area (Å²) >= 11 is 0. The van der Waals surface area contributed by atoms with Crippen molar-refractivity contribution in [3.05, 3.63) is 133 Å². The second-order valence-corrected chi connectivity index (χ2v) is 10.5. The first-order chi connectivity index (χ1) is 20.8. The number of aromatic nitrogens is 2. The lowest BCUT2D eigenvalue weighted by Crippen LogP contribution is -1.94. The van der Waals surface area contributed by atoms with Gasteiger partial charge in [0.05, 0.1) is 0 Å². The van der Waals surface area contributed by atoms with Crippen molar-refractivity contribution in [1.82, 2.24) is 9.97 Å². The van der Waals surface area contributed by atoms with Crippen LogP contribution in [0.5, 0.6) is 0 Å². The maximum absolute atomic E-state index is 6.81. The molecule has 0 radical (unpaired) electrons. The topological polar surface area (TPSA) is 52.1 Å². The number of hydrogen-bond donors (Lipinski definition) is 0. The fourth-order valence-electron chi connectivity index (χ4n) is 6.15. The number of furan rings is 2. The number of benzene rings is 6. The average Bonchev–Trinajstić information content (AvgIpc) is 3.63. The van der Waals surface area contributed by atoms with Crippen molar-refractivity contribution in [2.24, 2.45) is 0 Å². The maximum Gasteiger partial charge on any atom is 0.180 e. The molecule has 0 saturated carbocycles. The van der Waals surface area contributed by atoms with Crippen LogP contribution < -0.4 is 0 Å². The predicted molar refractivity (Wildman–Crippen MR) is 170 cm³/mol. The van der Waals surface area contributed by atoms with E-state index in [4.69, 9.17) is 18.8 Å². The number of nitrogens with zero attached hydrogens (tertiary/aromatic N) is 2. The van der Waals surface area contributed by atoms with Crippen molar-refractivity contribution in [3.8, 4) is 33.8 Å². The van der Waals surface area contributed by atoms with E-state index < -0.39 is 0 Å². The Balaban J connectivity index is 1.39. The molecule has 4 heteroatoms. The minimum Gasteiger partial charge on any atom is -0.455 e. The van der Waals surface area contributed by atoms with Crippen molar-refractivity contribution in [1.29, 1.82) is 0 Å². The van der Waals surface area contributed by atoms with Crippen LogP contribution in [0.2, 0.25) is 0 Å². The van der Waals surface area contributed by atoms with Gasteiger partial charge in [-0.1, -0.05) is 109 Å². The first-order valence-electron chi connectivity index (χ1n) is 14.0. The summed E-state index contributed by atoms with van der Waals surface area (Å²) in [4.78, 5) is 10.1. The first-order valence-corrected chi connectivity index (χ1v) is 14.0. The highest BCUT2D eigenvalue weighted by Crippen LogP contribution is 2.44. The Morgan fingerprint density at radius 2 is 1.05 bits per heavy atom. The van der Waals surface area contributed by atoms with Gasteiger partial charge < -0.3 is 8.83 Å². The molecule has 0 unspecified atom stereocenters. The van der Waals surface area contributed by atoms with Crippen LogP contribution in [-0.2, 0) is 0 Å². The van der Waals surface area contributed by atoms with Gasteiger partial charge in [0, 0.05) is 32.7 Å². The van der Waals surface area contributed by atoms with Gasteiger partial charge in [0.25, 0.3) is 0 Å². The molecule has 4 nitrogen and oxygen atoms in total. The summed E-state index contributed by atoms with van der Waals surface area (Å²) in [6.07, 6.45) is 0. The molecule has 0 aliphatic carbocycles. The summed E-state index contributed by atoms with van der Waals surface area (Å²) in [5, 5.41) is 5.31. The van der Waals surface area contributed by atoms with Gasteiger partial charge in [-0.3, -0.25) is 0 Å². The van der Waals surface area contributed by atoms with Crippen LogP contribution in [-0.4, -0.2) is 9.97 Å². The quantitative estimate of drug-likeness (QED) is 0.224. The molecule has 42 heavy (non-hydrogen) atoms. The molecule has 0 fully saturated rings. The van der Waals surface area contributed by atoms with Crippen molar-refractivity contribution in [2.75, 3.05) is 0 Å². The normalized spacial score (nSPS) is 11.8. The van der Waals surface area contributed by atoms with E-state index in [0.717, 1.165) is 60.3 Å². The molecule has 196 valence electrons. The summed E-state index contributed by atoms with van der Waals surface area (Å²) in [5.41, 5.74) is 8.76. The molecule has 0 aliphatic rings. The van der Waals surface area contributed by atoms with Crippen LogP contribution >= 0.6 is 0 Å². The van der Waals surface area contributed by atoms with E-state index in [1.807, 2.05) is 60.7 Å². The second kappa shape index (κ2) is 8.88. The fourth-order valence-corrected chi connectivity index (χ4v) is 6.15. The van der Waals surface area contributed by atoms with Crippen LogP contribution in [0.25, 0.3) is 88.6 Å². The van der Waals surface area contributed by atoms with Gasteiger partial charge in [-0.15, -0.1) is 0 Å². The largest absolute Gasteiger partial charge is 0.455 e. The lowest BCUT2D eigenvalue weighted by Gasteiger charge is -2.08. The Labute approximate surface area is 240 Å². The fraction of sp³-hybridized carbons (Fsp3) is 0. The van der Waals surface area contributed by atoms with E-state index >= 15 is 0 Å². The predicted octanol–water partition coefficient (Wildman–Crippen LogP) is 10.4. The molecule has 3 heterocycles. The van der Waals surface area contributed by atoms with Gasteiger partial charge in [0.2, 0.25) is 0 Å².